The number of unbranched alkanes of at least 4 members (excludes halogenated alkanes) is 4. The molecule has 304 valence electrons. The molecule has 9 heteroatoms. The van der Waals surface area contributed by atoms with Crippen molar-refractivity contribution >= 4 is 5.91 Å². The average Bonchev–Trinajstić information content (AvgIpc) is 3.17. The fourth-order valence-electron chi connectivity index (χ4n) is 5.32. The van der Waals surface area contributed by atoms with E-state index in [4.69, 9.17) is 9.47 Å². The molecule has 1 amide bonds. The maximum absolute atomic E-state index is 12.8. The first-order valence-corrected chi connectivity index (χ1v) is 20.1. The second-order valence-corrected chi connectivity index (χ2v) is 13.3. The van der Waals surface area contributed by atoms with Gasteiger partial charge in [0.25, 0.3) is 0 Å². The highest BCUT2D eigenvalue weighted by Crippen LogP contribution is 2.22. The molecule has 0 aromatic carbocycles. The summed E-state index contributed by atoms with van der Waals surface area (Å²) >= 11 is 0. The van der Waals surface area contributed by atoms with Crippen molar-refractivity contribution in [3.05, 3.63) is 109 Å². The summed E-state index contributed by atoms with van der Waals surface area (Å²) in [6, 6.07) is -0.857. The van der Waals surface area contributed by atoms with E-state index in [9.17, 15) is 30.3 Å². The lowest BCUT2D eigenvalue weighted by Gasteiger charge is -2.40. The SMILES string of the molecule is CC/C=C\C/C=C\C/C=C\C/C=C\C/C=C\C/C=C\C/C=C\CCCC(=O)NC(COC1OC(CO)C(O)C(O)C1O)C(O)/C=C/CC/C=C/CCCC. The van der Waals surface area contributed by atoms with Crippen LogP contribution in [0.3, 0.4) is 0 Å². The lowest BCUT2D eigenvalue weighted by Crippen LogP contribution is -2.60. The van der Waals surface area contributed by atoms with Gasteiger partial charge in [0.05, 0.1) is 25.4 Å². The minimum absolute atomic E-state index is 0.233. The summed E-state index contributed by atoms with van der Waals surface area (Å²) in [4.78, 5) is 12.8. The standard InChI is InChI=1S/C45H71NO8/c1-3-5-7-9-11-13-14-15-16-17-18-19-20-21-22-23-24-25-26-27-29-31-33-35-41(49)46-38(39(48)34-32-30-28-12-10-8-6-4-2)37-53-45-44(52)43(51)42(50)40(36-47)54-45/h5,7,10-13,15-16,18-19,21-22,24-25,27,29,32,34,38-40,42-45,47-48,50-52H,3-4,6,8-9,14,17,20,23,26,28,30-31,33,35-37H2,1-2H3,(H,46,49)/b7-5-,12-10+,13-11-,16-15-,19-18-,22-21-,25-24-,29-27-,34-32+. The summed E-state index contributed by atoms with van der Waals surface area (Å²) in [5.74, 6) is -0.255. The predicted molar refractivity (Wildman–Crippen MR) is 221 cm³/mol. The maximum Gasteiger partial charge on any atom is 0.220 e. The van der Waals surface area contributed by atoms with Crippen molar-refractivity contribution in [2.24, 2.45) is 0 Å². The van der Waals surface area contributed by atoms with E-state index in [1.54, 1.807) is 6.08 Å². The van der Waals surface area contributed by atoms with Gasteiger partial charge in [-0.3, -0.25) is 4.79 Å². The minimum atomic E-state index is -1.59. The van der Waals surface area contributed by atoms with Crippen molar-refractivity contribution in [3.8, 4) is 0 Å². The quantitative estimate of drug-likeness (QED) is 0.0326. The number of allylic oxidation sites excluding steroid dienone is 17. The molecule has 0 aliphatic carbocycles. The van der Waals surface area contributed by atoms with Crippen LogP contribution in [-0.2, 0) is 14.3 Å². The first kappa shape index (κ1) is 48.9. The number of rotatable bonds is 30. The van der Waals surface area contributed by atoms with Crippen molar-refractivity contribution in [2.75, 3.05) is 13.2 Å². The third-order valence-electron chi connectivity index (χ3n) is 8.58. The van der Waals surface area contributed by atoms with E-state index in [2.05, 4.69) is 116 Å². The number of carbonyl (C=O) groups is 1. The van der Waals surface area contributed by atoms with Crippen LogP contribution >= 0.6 is 0 Å². The van der Waals surface area contributed by atoms with Gasteiger partial charge < -0.3 is 40.3 Å². The van der Waals surface area contributed by atoms with Gasteiger partial charge in [-0.05, 0) is 77.0 Å². The van der Waals surface area contributed by atoms with Gasteiger partial charge in [0, 0.05) is 6.42 Å². The topological polar surface area (TPSA) is 149 Å². The largest absolute Gasteiger partial charge is 0.394 e. The Balaban J connectivity index is 2.41. The predicted octanol–water partition coefficient (Wildman–Crippen LogP) is 7.55. The monoisotopic (exact) mass is 754 g/mol. The number of nitrogens with one attached hydrogen (secondary N) is 1. The molecule has 0 aromatic heterocycles. The van der Waals surface area contributed by atoms with Crippen molar-refractivity contribution in [2.45, 2.75) is 153 Å². The van der Waals surface area contributed by atoms with Gasteiger partial charge >= 0.3 is 0 Å². The first-order valence-electron chi connectivity index (χ1n) is 20.1. The van der Waals surface area contributed by atoms with E-state index in [1.165, 1.54) is 0 Å². The third-order valence-corrected chi connectivity index (χ3v) is 8.58. The highest BCUT2D eigenvalue weighted by molar-refractivity contribution is 5.76. The molecule has 9 nitrogen and oxygen atoms in total. The van der Waals surface area contributed by atoms with E-state index < -0.39 is 49.5 Å². The van der Waals surface area contributed by atoms with Crippen molar-refractivity contribution in [1.82, 2.24) is 5.32 Å². The number of ether oxygens (including phenoxy) is 2. The molecule has 0 bridgehead atoms. The Bertz CT molecular complexity index is 1200. The molecule has 0 spiro atoms. The fraction of sp³-hybridized carbons (Fsp3) is 0.578. The van der Waals surface area contributed by atoms with E-state index in [0.29, 0.717) is 6.42 Å². The van der Waals surface area contributed by atoms with Gasteiger partial charge in [-0.1, -0.05) is 136 Å². The normalized spacial score (nSPS) is 22.7. The summed E-state index contributed by atoms with van der Waals surface area (Å²) in [5, 5.41) is 53.7. The Morgan fingerprint density at radius 3 is 1.67 bits per heavy atom. The van der Waals surface area contributed by atoms with Crippen molar-refractivity contribution in [1.29, 1.82) is 0 Å². The van der Waals surface area contributed by atoms with Crippen molar-refractivity contribution in [3.63, 3.8) is 0 Å². The van der Waals surface area contributed by atoms with Gasteiger partial charge in [0.1, 0.15) is 24.4 Å². The van der Waals surface area contributed by atoms with Crippen LogP contribution < -0.4 is 5.32 Å². The molecule has 1 aliphatic heterocycles. The molecular formula is C45H71NO8. The number of aliphatic hydroxyl groups is 5. The molecule has 6 N–H and O–H groups in total. The molecule has 1 rings (SSSR count). The molecule has 7 unspecified atom stereocenters. The van der Waals surface area contributed by atoms with Gasteiger partial charge in [-0.25, -0.2) is 0 Å². The first-order chi connectivity index (χ1) is 26.3. The van der Waals surface area contributed by atoms with Crippen LogP contribution in [-0.4, -0.2) is 87.5 Å². The smallest absolute Gasteiger partial charge is 0.220 e. The molecule has 0 saturated carbocycles. The van der Waals surface area contributed by atoms with E-state index in [0.717, 1.165) is 83.5 Å². The maximum atomic E-state index is 12.8. The number of amides is 1. The molecular weight excluding hydrogens is 682 g/mol. The lowest BCUT2D eigenvalue weighted by molar-refractivity contribution is -0.302. The number of aliphatic hydroxyl groups excluding tert-OH is 5. The molecule has 54 heavy (non-hydrogen) atoms. The van der Waals surface area contributed by atoms with Crippen LogP contribution in [0, 0.1) is 0 Å². The number of hydrogen-bond donors (Lipinski definition) is 6. The number of carbonyl (C=O) groups excluding carboxylic acids is 1. The third kappa shape index (κ3) is 25.0. The lowest BCUT2D eigenvalue weighted by atomic mass is 9.99. The highest BCUT2D eigenvalue weighted by Gasteiger charge is 2.44. The average molecular weight is 754 g/mol. The fourth-order valence-corrected chi connectivity index (χ4v) is 5.32. The summed E-state index contributed by atoms with van der Waals surface area (Å²) in [5.41, 5.74) is 0. The van der Waals surface area contributed by atoms with Crippen LogP contribution in [0.15, 0.2) is 109 Å². The molecule has 1 fully saturated rings. The second kappa shape index (κ2) is 34.3. The van der Waals surface area contributed by atoms with E-state index in [-0.39, 0.29) is 18.9 Å². The van der Waals surface area contributed by atoms with Gasteiger partial charge in [0.2, 0.25) is 5.91 Å². The van der Waals surface area contributed by atoms with E-state index >= 15 is 0 Å². The molecule has 0 radical (unpaired) electrons. The molecule has 1 saturated heterocycles. The zero-order chi connectivity index (χ0) is 39.5. The Morgan fingerprint density at radius 2 is 1.13 bits per heavy atom. The minimum Gasteiger partial charge on any atom is -0.394 e. The van der Waals surface area contributed by atoms with Gasteiger partial charge in [-0.15, -0.1) is 0 Å². The Morgan fingerprint density at radius 1 is 0.648 bits per heavy atom. The Labute approximate surface area is 325 Å². The molecule has 7 atom stereocenters. The number of hydrogen-bond acceptors (Lipinski definition) is 8. The highest BCUT2D eigenvalue weighted by atomic mass is 16.7. The second-order valence-electron chi connectivity index (χ2n) is 13.3. The van der Waals surface area contributed by atoms with E-state index in [1.807, 2.05) is 6.08 Å². The Kier molecular flexibility index (Phi) is 31.1. The summed E-state index contributed by atoms with van der Waals surface area (Å²) < 4.78 is 11.1. The zero-order valence-electron chi connectivity index (χ0n) is 32.9. The van der Waals surface area contributed by atoms with Crippen LogP contribution in [0.5, 0.6) is 0 Å². The Hall–Kier alpha value is -3.15. The van der Waals surface area contributed by atoms with Crippen LogP contribution in [0.1, 0.15) is 110 Å². The van der Waals surface area contributed by atoms with Crippen LogP contribution in [0.25, 0.3) is 0 Å². The van der Waals surface area contributed by atoms with Gasteiger partial charge in [0.15, 0.2) is 6.29 Å². The summed E-state index contributed by atoms with van der Waals surface area (Å²) in [6.07, 6.45) is 43.0. The summed E-state index contributed by atoms with van der Waals surface area (Å²) in [7, 11) is 0. The molecule has 1 aliphatic rings. The zero-order valence-corrected chi connectivity index (χ0v) is 32.9. The van der Waals surface area contributed by atoms with Crippen LogP contribution in [0.2, 0.25) is 0 Å². The molecule has 0 aromatic rings. The van der Waals surface area contributed by atoms with Crippen LogP contribution in [0.4, 0.5) is 0 Å². The van der Waals surface area contributed by atoms with Gasteiger partial charge in [-0.2, -0.15) is 0 Å². The molecule has 1 heterocycles. The summed E-state index contributed by atoms with van der Waals surface area (Å²) in [6.45, 7) is 3.48. The van der Waals surface area contributed by atoms with Crippen molar-refractivity contribution < 1.29 is 39.8 Å².